The van der Waals surface area contributed by atoms with Gasteiger partial charge in [0.15, 0.2) is 11.5 Å². The number of carbonyl (C=O) groups excluding carboxylic acids is 2. The molecule has 1 fully saturated rings. The molecule has 2 aliphatic heterocycles. The molecule has 1 saturated heterocycles. The molecule has 0 aromatic heterocycles. The second-order valence-corrected chi connectivity index (χ2v) is 12.0. The van der Waals surface area contributed by atoms with Crippen LogP contribution in [0.1, 0.15) is 27.9 Å². The van der Waals surface area contributed by atoms with Gasteiger partial charge in [0, 0.05) is 54.0 Å². The van der Waals surface area contributed by atoms with Crippen LogP contribution >= 0.6 is 23.2 Å². The summed E-state index contributed by atoms with van der Waals surface area (Å²) in [7, 11) is 0. The lowest BCUT2D eigenvalue weighted by atomic mass is 10.1. The van der Waals surface area contributed by atoms with Crippen LogP contribution in [0.2, 0.25) is 10.0 Å². The van der Waals surface area contributed by atoms with E-state index in [1.165, 1.54) is 0 Å². The molecule has 0 saturated carbocycles. The van der Waals surface area contributed by atoms with Crippen molar-refractivity contribution in [3.63, 3.8) is 0 Å². The number of nitrogens with one attached hydrogen (secondary N) is 1. The van der Waals surface area contributed by atoms with Crippen molar-refractivity contribution in [3.8, 4) is 5.75 Å². The number of hydrogen-bond donors (Lipinski definition) is 1. The lowest BCUT2D eigenvalue weighted by Crippen LogP contribution is -2.47. The van der Waals surface area contributed by atoms with Gasteiger partial charge in [0.25, 0.3) is 11.8 Å². The van der Waals surface area contributed by atoms with Crippen molar-refractivity contribution in [3.05, 3.63) is 130 Å². The van der Waals surface area contributed by atoms with Crippen LogP contribution in [-0.4, -0.2) is 56.0 Å². The van der Waals surface area contributed by atoms with Gasteiger partial charge < -0.3 is 15.0 Å². The first kappa shape index (κ1) is 30.7. The Morgan fingerprint density at radius 1 is 0.844 bits per heavy atom. The minimum Gasteiger partial charge on any atom is -0.449 e. The van der Waals surface area contributed by atoms with Crippen LogP contribution in [0, 0.1) is 0 Å². The quantitative estimate of drug-likeness (QED) is 0.159. The number of rotatable bonds is 9. The van der Waals surface area contributed by atoms with E-state index in [0.717, 1.165) is 61.0 Å². The summed E-state index contributed by atoms with van der Waals surface area (Å²) in [5.41, 5.74) is 4.16. The second-order valence-electron chi connectivity index (χ2n) is 11.1. The summed E-state index contributed by atoms with van der Waals surface area (Å²) in [4.78, 5) is 32.8. The first-order valence-corrected chi connectivity index (χ1v) is 15.8. The Morgan fingerprint density at radius 2 is 1.60 bits per heavy atom. The van der Waals surface area contributed by atoms with Crippen molar-refractivity contribution >= 4 is 52.5 Å². The fraction of sp³-hybridized carbons (Fsp3) is 0.222. The number of carbonyl (C=O) groups is 2. The van der Waals surface area contributed by atoms with Crippen LogP contribution < -0.4 is 19.9 Å². The van der Waals surface area contributed by atoms with Gasteiger partial charge in [0.05, 0.1) is 12.2 Å². The van der Waals surface area contributed by atoms with Crippen LogP contribution in [-0.2, 0) is 11.3 Å². The molecule has 6 rings (SSSR count). The molecule has 4 aromatic rings. The molecule has 2 amide bonds. The maximum atomic E-state index is 13.5. The largest absolute Gasteiger partial charge is 0.449 e. The van der Waals surface area contributed by atoms with Crippen LogP contribution in [0.15, 0.2) is 103 Å². The van der Waals surface area contributed by atoms with Crippen molar-refractivity contribution in [1.82, 2.24) is 10.2 Å². The first-order valence-electron chi connectivity index (χ1n) is 15.1. The summed E-state index contributed by atoms with van der Waals surface area (Å²) < 4.78 is 6.02. The third kappa shape index (κ3) is 7.68. The SMILES string of the molecule is O=C(NCCCN1CCN(c2cccc(Cl)c2)CC1)c1ccc(/C=C2\Oc3ccccc3N(Cc3ccc(Cl)cc3)C2=O)cc1. The molecular weight excluding hydrogens is 607 g/mol. The molecule has 9 heteroatoms. The van der Waals surface area contributed by atoms with Gasteiger partial charge in [-0.15, -0.1) is 0 Å². The third-order valence-corrected chi connectivity index (χ3v) is 8.53. The number of amides is 2. The van der Waals surface area contributed by atoms with Gasteiger partial charge in [-0.05, 0) is 84.8 Å². The summed E-state index contributed by atoms with van der Waals surface area (Å²) in [6.45, 7) is 5.79. The van der Waals surface area contributed by atoms with E-state index >= 15 is 0 Å². The Bertz CT molecular complexity index is 1680. The monoisotopic (exact) mass is 640 g/mol. The van der Waals surface area contributed by atoms with Crippen molar-refractivity contribution in [1.29, 1.82) is 0 Å². The highest BCUT2D eigenvalue weighted by atomic mass is 35.5. The number of halogens is 2. The molecule has 2 heterocycles. The molecule has 0 unspecified atom stereocenters. The molecule has 0 spiro atoms. The molecule has 0 radical (unpaired) electrons. The van der Waals surface area contributed by atoms with E-state index in [9.17, 15) is 9.59 Å². The number of piperazine rings is 1. The summed E-state index contributed by atoms with van der Waals surface area (Å²) in [5.74, 6) is 0.467. The topological polar surface area (TPSA) is 65.1 Å². The Hall–Kier alpha value is -4.30. The molecule has 0 bridgehead atoms. The fourth-order valence-corrected chi connectivity index (χ4v) is 5.89. The van der Waals surface area contributed by atoms with Gasteiger partial charge >= 0.3 is 0 Å². The number of para-hydroxylation sites is 2. The Morgan fingerprint density at radius 3 is 2.36 bits per heavy atom. The zero-order valence-corrected chi connectivity index (χ0v) is 26.3. The number of benzene rings is 4. The predicted molar refractivity (Wildman–Crippen MR) is 181 cm³/mol. The van der Waals surface area contributed by atoms with Gasteiger partial charge in [0.2, 0.25) is 0 Å². The molecular formula is C36H34Cl2N4O3. The maximum Gasteiger partial charge on any atom is 0.294 e. The Kier molecular flexibility index (Phi) is 9.69. The number of nitrogens with zero attached hydrogens (tertiary/aromatic N) is 3. The van der Waals surface area contributed by atoms with Crippen molar-refractivity contribution in [2.24, 2.45) is 0 Å². The summed E-state index contributed by atoms with van der Waals surface area (Å²) in [6.07, 6.45) is 2.58. The molecule has 2 aliphatic rings. The van der Waals surface area contributed by atoms with Crippen LogP contribution in [0.5, 0.6) is 5.75 Å². The van der Waals surface area contributed by atoms with E-state index in [2.05, 4.69) is 21.2 Å². The number of fused-ring (bicyclic) bond motifs is 1. The summed E-state index contributed by atoms with van der Waals surface area (Å²) >= 11 is 12.2. The van der Waals surface area contributed by atoms with Crippen LogP contribution in [0.4, 0.5) is 11.4 Å². The lowest BCUT2D eigenvalue weighted by Gasteiger charge is -2.36. The van der Waals surface area contributed by atoms with Gasteiger partial charge in [0.1, 0.15) is 0 Å². The molecule has 45 heavy (non-hydrogen) atoms. The molecule has 4 aromatic carbocycles. The minimum atomic E-state index is -0.239. The summed E-state index contributed by atoms with van der Waals surface area (Å²) in [6, 6.07) is 30.1. The maximum absolute atomic E-state index is 13.5. The highest BCUT2D eigenvalue weighted by Gasteiger charge is 2.30. The zero-order valence-electron chi connectivity index (χ0n) is 24.8. The molecule has 230 valence electrons. The Labute approximate surface area is 273 Å². The van der Waals surface area contributed by atoms with Crippen molar-refractivity contribution in [2.45, 2.75) is 13.0 Å². The standard InChI is InChI=1S/C36H34Cl2N4O3/c37-29-15-11-27(12-16-29)25-42-32-7-1-2-8-33(32)45-34(36(42)44)23-26-9-13-28(14-10-26)35(43)39-17-4-18-40-19-21-41(22-20-40)31-6-3-5-30(38)24-31/h1-3,5-16,23-24H,4,17-22,25H2,(H,39,43)/b34-23-. The fourth-order valence-electron chi connectivity index (χ4n) is 5.58. The molecule has 1 N–H and O–H groups in total. The van der Waals surface area contributed by atoms with E-state index in [1.54, 1.807) is 23.1 Å². The highest BCUT2D eigenvalue weighted by molar-refractivity contribution is 6.31. The zero-order chi connectivity index (χ0) is 31.2. The summed E-state index contributed by atoms with van der Waals surface area (Å²) in [5, 5.41) is 4.43. The molecule has 7 nitrogen and oxygen atoms in total. The van der Waals surface area contributed by atoms with Crippen molar-refractivity contribution < 1.29 is 14.3 Å². The van der Waals surface area contributed by atoms with E-state index in [1.807, 2.05) is 78.9 Å². The molecule has 0 aliphatic carbocycles. The third-order valence-electron chi connectivity index (χ3n) is 8.04. The van der Waals surface area contributed by atoms with Gasteiger partial charge in [-0.1, -0.05) is 65.7 Å². The van der Waals surface area contributed by atoms with E-state index < -0.39 is 0 Å². The van der Waals surface area contributed by atoms with Crippen LogP contribution in [0.3, 0.4) is 0 Å². The van der Waals surface area contributed by atoms with E-state index in [0.29, 0.717) is 35.1 Å². The lowest BCUT2D eigenvalue weighted by molar-refractivity contribution is -0.117. The van der Waals surface area contributed by atoms with Gasteiger partial charge in [-0.2, -0.15) is 0 Å². The average Bonchev–Trinajstić information content (AvgIpc) is 3.06. The number of ether oxygens (including phenoxy) is 1. The van der Waals surface area contributed by atoms with E-state index in [-0.39, 0.29) is 17.6 Å². The minimum absolute atomic E-state index is 0.118. The normalized spacial score (nSPS) is 16.0. The second kappa shape index (κ2) is 14.2. The first-order chi connectivity index (χ1) is 21.9. The highest BCUT2D eigenvalue weighted by Crippen LogP contribution is 2.36. The van der Waals surface area contributed by atoms with Gasteiger partial charge in [-0.25, -0.2) is 0 Å². The Balaban J connectivity index is 1.01. The number of anilines is 2. The number of hydrogen-bond acceptors (Lipinski definition) is 5. The average molecular weight is 642 g/mol. The van der Waals surface area contributed by atoms with Crippen molar-refractivity contribution in [2.75, 3.05) is 49.1 Å². The predicted octanol–water partition coefficient (Wildman–Crippen LogP) is 6.90. The van der Waals surface area contributed by atoms with Gasteiger partial charge in [-0.3, -0.25) is 19.4 Å². The molecule has 0 atom stereocenters. The van der Waals surface area contributed by atoms with Crippen LogP contribution in [0.25, 0.3) is 6.08 Å². The smallest absolute Gasteiger partial charge is 0.294 e. The van der Waals surface area contributed by atoms with E-state index in [4.69, 9.17) is 27.9 Å².